The van der Waals surface area contributed by atoms with Crippen molar-refractivity contribution in [2.75, 3.05) is 19.6 Å². The first-order valence-corrected chi connectivity index (χ1v) is 13.3. The lowest BCUT2D eigenvalue weighted by molar-refractivity contribution is 0.120. The number of halogens is 1. The van der Waals surface area contributed by atoms with Crippen LogP contribution in [0.15, 0.2) is 53.2 Å². The highest BCUT2D eigenvalue weighted by Gasteiger charge is 2.31. The van der Waals surface area contributed by atoms with Gasteiger partial charge in [0.05, 0.1) is 5.70 Å². The van der Waals surface area contributed by atoms with E-state index in [4.69, 9.17) is 4.99 Å². The van der Waals surface area contributed by atoms with Crippen LogP contribution in [0.25, 0.3) is 5.57 Å². The lowest BCUT2D eigenvalue weighted by Crippen LogP contribution is -2.40. The van der Waals surface area contributed by atoms with E-state index in [1.165, 1.54) is 44.3 Å². The molecule has 2 heterocycles. The molecule has 0 radical (unpaired) electrons. The standard InChI is InChI=1S/C30H39FN2/c1-3-5-22-9-14-29(31)28(19-22)27-13-11-24-10-12-26(32-30(24)27)6-4-16-33-17-15-25(21(2)20-33)18-23-7-8-23/h9-14,19,21,23-25H,3-8,15-18,20H2,1-2H3. The molecule has 1 saturated heterocycles. The van der Waals surface area contributed by atoms with Crippen LogP contribution in [0.4, 0.5) is 4.39 Å². The molecule has 176 valence electrons. The summed E-state index contributed by atoms with van der Waals surface area (Å²) in [6.07, 6.45) is 18.6. The lowest BCUT2D eigenvalue weighted by Gasteiger charge is -2.37. The maximum absolute atomic E-state index is 14.7. The summed E-state index contributed by atoms with van der Waals surface area (Å²) in [6, 6.07) is 5.55. The number of fused-ring (bicyclic) bond motifs is 1. The summed E-state index contributed by atoms with van der Waals surface area (Å²) in [4.78, 5) is 7.70. The fraction of sp³-hybridized carbons (Fsp3) is 0.567. The molecule has 3 heteroatoms. The number of allylic oxidation sites excluding steroid dienone is 4. The molecule has 2 aliphatic carbocycles. The molecule has 0 aromatic heterocycles. The van der Waals surface area contributed by atoms with Crippen LogP contribution in [0, 0.1) is 29.5 Å². The Morgan fingerprint density at radius 2 is 1.94 bits per heavy atom. The number of rotatable bonds is 9. The summed E-state index contributed by atoms with van der Waals surface area (Å²) in [5.41, 5.74) is 5.03. The van der Waals surface area contributed by atoms with Crippen LogP contribution in [-0.4, -0.2) is 30.2 Å². The van der Waals surface area contributed by atoms with Crippen LogP contribution in [-0.2, 0) is 6.42 Å². The van der Waals surface area contributed by atoms with Crippen molar-refractivity contribution in [1.82, 2.24) is 4.90 Å². The number of hydrogen-bond donors (Lipinski definition) is 0. The zero-order valence-electron chi connectivity index (χ0n) is 20.4. The summed E-state index contributed by atoms with van der Waals surface area (Å²) in [7, 11) is 0. The molecule has 4 aliphatic rings. The summed E-state index contributed by atoms with van der Waals surface area (Å²) in [5.74, 6) is 2.88. The van der Waals surface area contributed by atoms with Crippen LogP contribution in [0.3, 0.4) is 0 Å². The Morgan fingerprint density at radius 3 is 2.73 bits per heavy atom. The molecule has 2 fully saturated rings. The van der Waals surface area contributed by atoms with Crippen molar-refractivity contribution in [3.63, 3.8) is 0 Å². The van der Waals surface area contributed by atoms with Crippen molar-refractivity contribution in [2.24, 2.45) is 28.7 Å². The first-order valence-electron chi connectivity index (χ1n) is 13.3. The van der Waals surface area contributed by atoms with E-state index in [0.29, 0.717) is 5.56 Å². The first-order chi connectivity index (χ1) is 16.1. The molecule has 3 unspecified atom stereocenters. The van der Waals surface area contributed by atoms with Gasteiger partial charge in [-0.1, -0.05) is 57.4 Å². The van der Waals surface area contributed by atoms with Gasteiger partial charge in [0.1, 0.15) is 5.82 Å². The molecule has 33 heavy (non-hydrogen) atoms. The predicted molar refractivity (Wildman–Crippen MR) is 137 cm³/mol. The fourth-order valence-electron chi connectivity index (χ4n) is 5.94. The smallest absolute Gasteiger partial charge is 0.131 e. The minimum absolute atomic E-state index is 0.145. The molecule has 1 aromatic rings. The van der Waals surface area contributed by atoms with Gasteiger partial charge < -0.3 is 4.90 Å². The molecule has 1 saturated carbocycles. The third-order valence-corrected chi connectivity index (χ3v) is 8.09. The SMILES string of the molecule is CCCc1ccc(F)c(C2=C3N=C(CCCN4CCC(CC5CC5)C(C)C4)C=CC3C=C2)c1. The van der Waals surface area contributed by atoms with Gasteiger partial charge in [-0.3, -0.25) is 4.99 Å². The molecule has 5 rings (SSSR count). The second kappa shape index (κ2) is 10.1. The van der Waals surface area contributed by atoms with Crippen LogP contribution in [0.5, 0.6) is 0 Å². The third-order valence-electron chi connectivity index (χ3n) is 8.09. The highest BCUT2D eigenvalue weighted by molar-refractivity contribution is 5.98. The van der Waals surface area contributed by atoms with Crippen LogP contribution >= 0.6 is 0 Å². The fourth-order valence-corrected chi connectivity index (χ4v) is 5.94. The van der Waals surface area contributed by atoms with Gasteiger partial charge in [0.15, 0.2) is 0 Å². The molecule has 0 bridgehead atoms. The average Bonchev–Trinajstić information content (AvgIpc) is 3.54. The van der Waals surface area contributed by atoms with Crippen LogP contribution in [0.2, 0.25) is 0 Å². The Kier molecular flexibility index (Phi) is 6.97. The number of benzene rings is 1. The number of hydrogen-bond acceptors (Lipinski definition) is 2. The minimum Gasteiger partial charge on any atom is -0.303 e. The normalized spacial score (nSPS) is 27.2. The Morgan fingerprint density at radius 1 is 1.09 bits per heavy atom. The molecular formula is C30H39FN2. The number of aryl methyl sites for hydroxylation is 1. The Balaban J connectivity index is 1.20. The van der Waals surface area contributed by atoms with Crippen LogP contribution < -0.4 is 0 Å². The first kappa shape index (κ1) is 22.8. The van der Waals surface area contributed by atoms with Gasteiger partial charge in [0.25, 0.3) is 0 Å². The molecule has 0 N–H and O–H groups in total. The van der Waals surface area contributed by atoms with Crippen molar-refractivity contribution in [1.29, 1.82) is 0 Å². The second-order valence-corrected chi connectivity index (χ2v) is 10.8. The number of piperidine rings is 1. The maximum Gasteiger partial charge on any atom is 0.131 e. The monoisotopic (exact) mass is 446 g/mol. The van der Waals surface area contributed by atoms with Gasteiger partial charge >= 0.3 is 0 Å². The Labute approximate surface area is 199 Å². The van der Waals surface area contributed by atoms with Gasteiger partial charge in [0, 0.05) is 29.3 Å². The van der Waals surface area contributed by atoms with Crippen molar-refractivity contribution in [2.45, 2.75) is 65.2 Å². The quantitative estimate of drug-likeness (QED) is 0.391. The van der Waals surface area contributed by atoms with Crippen LogP contribution in [0.1, 0.15) is 69.9 Å². The molecule has 3 atom stereocenters. The molecule has 0 amide bonds. The van der Waals surface area contributed by atoms with Crippen molar-refractivity contribution in [3.8, 4) is 0 Å². The maximum atomic E-state index is 14.7. The van der Waals surface area contributed by atoms with E-state index < -0.39 is 0 Å². The molecule has 2 aliphatic heterocycles. The van der Waals surface area contributed by atoms with E-state index in [-0.39, 0.29) is 11.7 Å². The highest BCUT2D eigenvalue weighted by Crippen LogP contribution is 2.40. The Hall–Kier alpha value is -2.00. The van der Waals surface area contributed by atoms with Crippen molar-refractivity contribution >= 4 is 11.3 Å². The lowest BCUT2D eigenvalue weighted by atomic mass is 9.83. The van der Waals surface area contributed by atoms with Gasteiger partial charge in [0.2, 0.25) is 0 Å². The predicted octanol–water partition coefficient (Wildman–Crippen LogP) is 7.22. The van der Waals surface area contributed by atoms with E-state index in [1.54, 1.807) is 6.07 Å². The zero-order valence-corrected chi connectivity index (χ0v) is 20.4. The van der Waals surface area contributed by atoms with E-state index in [0.717, 1.165) is 67.0 Å². The van der Waals surface area contributed by atoms with E-state index >= 15 is 0 Å². The largest absolute Gasteiger partial charge is 0.303 e. The third kappa shape index (κ3) is 5.40. The van der Waals surface area contributed by atoms with Gasteiger partial charge in [-0.25, -0.2) is 4.39 Å². The highest BCUT2D eigenvalue weighted by atomic mass is 19.1. The van der Waals surface area contributed by atoms with Crippen molar-refractivity contribution in [3.05, 3.63) is 65.1 Å². The number of dihydropyridines is 1. The molecule has 2 nitrogen and oxygen atoms in total. The van der Waals surface area contributed by atoms with Gasteiger partial charge in [-0.15, -0.1) is 0 Å². The van der Waals surface area contributed by atoms with Crippen molar-refractivity contribution < 1.29 is 4.39 Å². The number of aliphatic imine (C=N–C) groups is 1. The van der Waals surface area contributed by atoms with E-state index in [1.807, 2.05) is 12.1 Å². The van der Waals surface area contributed by atoms with Gasteiger partial charge in [-0.2, -0.15) is 0 Å². The van der Waals surface area contributed by atoms with E-state index in [9.17, 15) is 4.39 Å². The number of likely N-dealkylation sites (tertiary alicyclic amines) is 1. The summed E-state index contributed by atoms with van der Waals surface area (Å²) >= 11 is 0. The van der Waals surface area contributed by atoms with E-state index in [2.05, 4.69) is 43.1 Å². The second-order valence-electron chi connectivity index (χ2n) is 10.8. The summed E-state index contributed by atoms with van der Waals surface area (Å²) in [5, 5.41) is 0. The molecular weight excluding hydrogens is 407 g/mol. The van der Waals surface area contributed by atoms with Gasteiger partial charge in [-0.05, 0) is 86.7 Å². The number of nitrogens with zero attached hydrogens (tertiary/aromatic N) is 2. The average molecular weight is 447 g/mol. The zero-order chi connectivity index (χ0) is 22.8. The summed E-state index contributed by atoms with van der Waals surface area (Å²) in [6.45, 7) is 8.31. The summed E-state index contributed by atoms with van der Waals surface area (Å²) < 4.78 is 14.7. The molecule has 1 aromatic carbocycles. The Bertz CT molecular complexity index is 981. The minimum atomic E-state index is -0.145. The molecule has 0 spiro atoms. The topological polar surface area (TPSA) is 15.6 Å².